The molecular formula is C87H166BrF12N3O29SSi8. The van der Waals surface area contributed by atoms with E-state index in [2.05, 4.69) is 127 Å². The molecule has 6 aliphatic heterocycles. The van der Waals surface area contributed by atoms with E-state index in [0.717, 1.165) is 18.4 Å². The number of cyclic esters (lactones) is 2. The van der Waals surface area contributed by atoms with Gasteiger partial charge < -0.3 is 109 Å². The van der Waals surface area contributed by atoms with E-state index >= 15 is 8.78 Å². The van der Waals surface area contributed by atoms with E-state index in [9.17, 15) is 86.5 Å². The van der Waals surface area contributed by atoms with Crippen molar-refractivity contribution in [3.05, 3.63) is 12.3 Å². The number of aromatic nitrogens is 2. The fourth-order valence-corrected chi connectivity index (χ4v) is 19.6. The van der Waals surface area contributed by atoms with E-state index in [0.29, 0.717) is 12.6 Å². The number of nitrogens with one attached hydrogen (secondary N) is 1. The zero-order chi connectivity index (χ0) is 112. The Kier molecular flexibility index (Phi) is 49.3. The third-order valence-corrected chi connectivity index (χ3v) is 54.6. The van der Waals surface area contributed by atoms with Crippen molar-refractivity contribution >= 4 is 128 Å². The minimum absolute atomic E-state index is 0.00241. The average molecular weight is 2280 g/mol. The topological polar surface area (TPSA) is 404 Å². The second-order valence-electron chi connectivity index (χ2n) is 46.7. The highest BCUT2D eigenvalue weighted by Gasteiger charge is 2.67. The van der Waals surface area contributed by atoms with Crippen LogP contribution in [0.3, 0.4) is 0 Å². The summed E-state index contributed by atoms with van der Waals surface area (Å²) in [5.74, 6) is -26.0. The van der Waals surface area contributed by atoms with E-state index in [1.54, 1.807) is 20.0 Å². The van der Waals surface area contributed by atoms with E-state index in [4.69, 9.17) is 74.4 Å². The van der Waals surface area contributed by atoms with Crippen LogP contribution in [-0.4, -0.2) is 320 Å². The zero-order valence-electron chi connectivity index (χ0n) is 90.6. The molecule has 832 valence electrons. The first-order chi connectivity index (χ1) is 62.1. The average Bonchev–Trinajstić information content (AvgIpc) is 1.63. The van der Waals surface area contributed by atoms with Gasteiger partial charge in [-0.25, -0.2) is 28.3 Å². The molecule has 1 unspecified atom stereocenters. The molecule has 6 saturated heterocycles. The molecule has 0 amide bonds. The number of aliphatic hydroxyl groups excluding tert-OH is 4. The molecule has 0 bridgehead atoms. The third-order valence-electron chi connectivity index (χ3n) is 25.1. The van der Waals surface area contributed by atoms with Crippen LogP contribution in [0.2, 0.25) is 148 Å². The molecule has 1 aromatic rings. The molecular weight excluding hydrogens is 2120 g/mol. The molecule has 0 aromatic carbocycles. The van der Waals surface area contributed by atoms with Gasteiger partial charge in [0.1, 0.15) is 50.7 Å². The summed E-state index contributed by atoms with van der Waals surface area (Å²) in [4.78, 5) is 61.4. The van der Waals surface area contributed by atoms with Gasteiger partial charge in [-0.1, -0.05) is 144 Å². The number of carbonyl (C=O) groups is 5. The Morgan fingerprint density at radius 2 is 0.908 bits per heavy atom. The Morgan fingerprint density at radius 3 is 1.21 bits per heavy atom. The number of hydrogen-bond acceptors (Lipinski definition) is 32. The molecule has 13 atom stereocenters. The van der Waals surface area contributed by atoms with Crippen molar-refractivity contribution in [3.8, 4) is 6.01 Å². The third kappa shape index (κ3) is 42.2. The molecule has 0 radical (unpaired) electrons. The lowest BCUT2D eigenvalue weighted by molar-refractivity contribution is -0.210. The first-order valence-corrected chi connectivity index (χ1v) is 73.0. The van der Waals surface area contributed by atoms with Crippen LogP contribution >= 0.6 is 15.9 Å². The Labute approximate surface area is 843 Å². The van der Waals surface area contributed by atoms with Crippen LogP contribution in [0.1, 0.15) is 166 Å². The number of halogens is 13. The molecule has 0 aliphatic carbocycles. The lowest BCUT2D eigenvalue weighted by atomic mass is 10.1. The molecule has 7 rings (SSSR count). The van der Waals surface area contributed by atoms with Gasteiger partial charge in [0.2, 0.25) is 20.9 Å². The van der Waals surface area contributed by atoms with Crippen molar-refractivity contribution in [1.29, 1.82) is 0 Å². The van der Waals surface area contributed by atoms with Crippen LogP contribution in [0.25, 0.3) is 0 Å². The van der Waals surface area contributed by atoms with Gasteiger partial charge in [0, 0.05) is 22.1 Å². The molecule has 141 heavy (non-hydrogen) atoms. The van der Waals surface area contributed by atoms with Gasteiger partial charge in [-0.2, -0.15) is 66.1 Å². The quantitative estimate of drug-likeness (QED) is 0.00946. The Bertz CT molecular complexity index is 4210. The number of rotatable bonds is 29. The number of carbonyl (C=O) groups excluding carboxylic acids is 5. The lowest BCUT2D eigenvalue weighted by Crippen LogP contribution is -2.53. The first kappa shape index (κ1) is 138. The largest absolute Gasteiger partial charge is 0.518 e. The standard InChI is InChI=1S/C18H38F2O6SSi2.C17H36F2O4Si2.C17H34F2O4Si2.C10H16F2O5.C10H21N3OSi2.C6H10O3.C5H6F2O4.C4H5BrF2O2/c1-16(2,3)28(8,9)23-12-13-14(26-29(10,11)17(4,5)6)18(19,20)15(24-13)25-27(7,21)22;2*1-15(2,3)24(7,8)21-11-12-13(17(18,19)14(20)22-12)23-25(9,10)16(4,5)6;1-4-15-8(14)10(11,12)7(13)6-5-16-9(2,3)17-6;1-15(2,3)13-9-7-8-11-10(12-9)14-16(4,5)6;1-6(2)8-4-5(3-7)9-6;6-5(7)3(9)2(1-8)11-4(5)10;1-2-9-3(8)4(5,6)7/h13-15H,12H2,1-11H3;12-14,20H,11H2,1-10H3;12-13H,11H2,1-10H3;6-7,13H,4-5H2,1-3H3;7-8H,1-6H3,(H,11,12,13);3,5H,4H2,1-2H3;2-3,8-9H,1H2;2H2,1H3/t13-,14+,15+;12-,13+,14-;12-,13+;6-,7?;;5-;2-,3+;/m1111.01./s1. The van der Waals surface area contributed by atoms with Crippen LogP contribution in [0.5, 0.6) is 6.01 Å². The Hall–Kier alpha value is -3.12. The van der Waals surface area contributed by atoms with Gasteiger partial charge in [-0.3, -0.25) is 0 Å². The van der Waals surface area contributed by atoms with Gasteiger partial charge in [0.15, 0.2) is 98.3 Å². The maximum Gasteiger partial charge on any atom is 0.395 e. The van der Waals surface area contributed by atoms with Crippen LogP contribution < -0.4 is 9.41 Å². The maximum atomic E-state index is 15.2. The van der Waals surface area contributed by atoms with Gasteiger partial charge in [-0.05, 0) is 176 Å². The SMILES string of the molecule is CC(C)(C)[Si](C)(C)OC[C@H]1OC(=O)C(F)(F)[C@H]1O[Si](C)(C)C(C)(C)C.CC(C)(C)[Si](C)(C)OC[C@H]1O[C@@H](O)C(F)(F)[C@H]1O[Si](C)(C)C(C)(C)C.CC(C)(C)[Si](C)(C)OC[C@H]1O[C@@H](OS(C)(=O)=O)C(F)(F)[C@H]1O[Si](C)(C)C(C)(C)C.CC1(C)OC[C@H](C=O)O1.CCOC(=O)C(F)(F)Br.CCOC(=O)C(F)(F)C(O)[C@H]1COC(C)(C)O1.C[Si](C)(C)Nc1ccnc(O[Si](C)(C)C)n1.O=C1O[C@H](CO)[C@H](O)C1(F)F. The summed E-state index contributed by atoms with van der Waals surface area (Å²) >= 11 is 1.84. The van der Waals surface area contributed by atoms with E-state index in [1.807, 2.05) is 171 Å². The van der Waals surface area contributed by atoms with Crippen molar-refractivity contribution in [2.24, 2.45) is 0 Å². The minimum Gasteiger partial charge on any atom is -0.518 e. The first-order valence-electron chi connectivity index (χ1n) is 46.1. The minimum atomic E-state index is -4.15. The van der Waals surface area contributed by atoms with Gasteiger partial charge >= 0.3 is 64.3 Å². The second kappa shape index (κ2) is 50.4. The zero-order valence-corrected chi connectivity index (χ0v) is 101. The van der Waals surface area contributed by atoms with Gasteiger partial charge in [0.05, 0.1) is 59.1 Å². The summed E-state index contributed by atoms with van der Waals surface area (Å²) in [6.45, 7) is 81.3. The Morgan fingerprint density at radius 1 is 0.546 bits per heavy atom. The molecule has 6 fully saturated rings. The fourth-order valence-electron chi connectivity index (χ4n) is 10.5. The van der Waals surface area contributed by atoms with Crippen molar-refractivity contribution in [2.75, 3.05) is 64.1 Å². The molecule has 7 heterocycles. The summed E-state index contributed by atoms with van der Waals surface area (Å²) < 4.78 is 280. The summed E-state index contributed by atoms with van der Waals surface area (Å²) in [5.41, 5.74) is 0. The number of hydrogen-bond donors (Lipinski definition) is 5. The monoisotopic (exact) mass is 2280 g/mol. The summed E-state index contributed by atoms with van der Waals surface area (Å²) in [7, 11) is -21.2. The van der Waals surface area contributed by atoms with E-state index < -0.39 is 227 Å². The number of alkyl halides is 13. The van der Waals surface area contributed by atoms with Crippen molar-refractivity contribution in [1.82, 2.24) is 9.97 Å². The molecule has 5 N–H and O–H groups in total. The van der Waals surface area contributed by atoms with Crippen LogP contribution in [0.4, 0.5) is 58.5 Å². The molecule has 0 spiro atoms. The highest BCUT2D eigenvalue weighted by Crippen LogP contribution is 2.51. The number of aldehydes is 1. The predicted octanol–water partition coefficient (Wildman–Crippen LogP) is 18.9. The molecule has 1 aromatic heterocycles. The van der Waals surface area contributed by atoms with Crippen molar-refractivity contribution in [3.63, 3.8) is 0 Å². The maximum absolute atomic E-state index is 15.2. The predicted molar refractivity (Wildman–Crippen MR) is 531 cm³/mol. The smallest absolute Gasteiger partial charge is 0.395 e. The van der Waals surface area contributed by atoms with Crippen LogP contribution in [-0.2, 0) is 112 Å². The summed E-state index contributed by atoms with van der Waals surface area (Å²) in [6, 6.07) is 2.37. The summed E-state index contributed by atoms with van der Waals surface area (Å²) in [5, 5.41) is 35.1. The Balaban J connectivity index is 0.00000164. The van der Waals surface area contributed by atoms with Gasteiger partial charge in [-0.15, -0.1) is 0 Å². The number of esters is 4. The number of aliphatic hydroxyl groups is 4. The van der Waals surface area contributed by atoms with Crippen molar-refractivity contribution in [2.45, 2.75) is 440 Å². The number of nitrogens with zero attached hydrogens (tertiary/aromatic N) is 2. The molecule has 0 saturated carbocycles. The molecule has 32 nitrogen and oxygen atoms in total. The normalized spacial score (nSPS) is 25.0. The second-order valence-corrected chi connectivity index (χ2v) is 87.2. The van der Waals surface area contributed by atoms with Crippen molar-refractivity contribution < 1.29 is 188 Å². The summed E-state index contributed by atoms with van der Waals surface area (Å²) in [6.07, 6.45) is -16.8. The molecule has 6 aliphatic rings. The lowest BCUT2D eigenvalue weighted by Gasteiger charge is -2.41. The fraction of sp³-hybridized carbons (Fsp3) is 0.897. The number of ether oxygens (including phenoxy) is 10. The molecule has 54 heteroatoms. The number of anilines is 1. The highest BCUT2D eigenvalue weighted by atomic mass is 79.9. The van der Waals surface area contributed by atoms with Crippen LogP contribution in [0, 0.1) is 0 Å². The highest BCUT2D eigenvalue weighted by molar-refractivity contribution is 9.10. The van der Waals surface area contributed by atoms with E-state index in [-0.39, 0.29) is 76.0 Å². The van der Waals surface area contributed by atoms with Gasteiger partial charge in [0.25, 0.3) is 10.1 Å². The van der Waals surface area contributed by atoms with Crippen LogP contribution in [0.15, 0.2) is 12.3 Å². The van der Waals surface area contributed by atoms with E-state index in [1.165, 1.54) is 27.7 Å².